The molecule has 0 heterocycles. The first-order chi connectivity index (χ1) is 6.77. The largest absolute Gasteiger partial charge is 0.324 e. The Hall–Kier alpha value is -0.820. The summed E-state index contributed by atoms with van der Waals surface area (Å²) < 4.78 is 0. The standard InChI is InChI=1S/C13H19N/c1-10-4-2-3-5-12(10)13(14)9-8-11-6-7-11/h2-5,11,13H,6-9,14H2,1H3. The SMILES string of the molecule is Cc1ccccc1C(N)CCC1CC1. The lowest BCUT2D eigenvalue weighted by molar-refractivity contribution is 0.573. The molecule has 0 spiro atoms. The smallest absolute Gasteiger partial charge is 0.0297 e. The monoisotopic (exact) mass is 189 g/mol. The molecule has 14 heavy (non-hydrogen) atoms. The summed E-state index contributed by atoms with van der Waals surface area (Å²) >= 11 is 0. The van der Waals surface area contributed by atoms with Crippen LogP contribution in [0.1, 0.15) is 42.9 Å². The highest BCUT2D eigenvalue weighted by Crippen LogP contribution is 2.35. The molecule has 2 N–H and O–H groups in total. The van der Waals surface area contributed by atoms with Crippen LogP contribution >= 0.6 is 0 Å². The van der Waals surface area contributed by atoms with Gasteiger partial charge in [-0.05, 0) is 36.8 Å². The summed E-state index contributed by atoms with van der Waals surface area (Å²) in [4.78, 5) is 0. The number of hydrogen-bond donors (Lipinski definition) is 1. The molecule has 0 amide bonds. The van der Waals surface area contributed by atoms with Gasteiger partial charge in [0.25, 0.3) is 0 Å². The summed E-state index contributed by atoms with van der Waals surface area (Å²) in [6.07, 6.45) is 5.33. The molecule has 0 saturated heterocycles. The van der Waals surface area contributed by atoms with Crippen molar-refractivity contribution < 1.29 is 0 Å². The predicted molar refractivity (Wildman–Crippen MR) is 60.1 cm³/mol. The van der Waals surface area contributed by atoms with Crippen molar-refractivity contribution in [2.45, 2.75) is 38.6 Å². The molecule has 1 aliphatic carbocycles. The Morgan fingerprint density at radius 2 is 2.07 bits per heavy atom. The van der Waals surface area contributed by atoms with Gasteiger partial charge in [-0.1, -0.05) is 37.1 Å². The van der Waals surface area contributed by atoms with Crippen molar-refractivity contribution in [1.29, 1.82) is 0 Å². The van der Waals surface area contributed by atoms with Crippen LogP contribution in [0.5, 0.6) is 0 Å². The van der Waals surface area contributed by atoms with E-state index in [-0.39, 0.29) is 6.04 Å². The van der Waals surface area contributed by atoms with Gasteiger partial charge in [0, 0.05) is 6.04 Å². The molecule has 1 nitrogen and oxygen atoms in total. The highest BCUT2D eigenvalue weighted by molar-refractivity contribution is 5.28. The molecule has 0 bridgehead atoms. The average molecular weight is 189 g/mol. The van der Waals surface area contributed by atoms with E-state index in [4.69, 9.17) is 5.73 Å². The minimum atomic E-state index is 0.247. The molecular weight excluding hydrogens is 170 g/mol. The highest BCUT2D eigenvalue weighted by atomic mass is 14.6. The third-order valence-corrected chi connectivity index (χ3v) is 3.17. The van der Waals surface area contributed by atoms with Crippen LogP contribution < -0.4 is 5.73 Å². The molecule has 0 radical (unpaired) electrons. The third-order valence-electron chi connectivity index (χ3n) is 3.17. The van der Waals surface area contributed by atoms with Crippen molar-refractivity contribution in [3.05, 3.63) is 35.4 Å². The van der Waals surface area contributed by atoms with Gasteiger partial charge in [0.05, 0.1) is 0 Å². The second-order valence-electron chi connectivity index (χ2n) is 4.48. The number of benzene rings is 1. The van der Waals surface area contributed by atoms with Crippen molar-refractivity contribution in [1.82, 2.24) is 0 Å². The minimum absolute atomic E-state index is 0.247. The van der Waals surface area contributed by atoms with Crippen molar-refractivity contribution in [2.24, 2.45) is 11.7 Å². The number of nitrogens with two attached hydrogens (primary N) is 1. The lowest BCUT2D eigenvalue weighted by Crippen LogP contribution is -2.11. The van der Waals surface area contributed by atoms with Crippen LogP contribution in [-0.4, -0.2) is 0 Å². The first kappa shape index (κ1) is 9.72. The summed E-state index contributed by atoms with van der Waals surface area (Å²) in [6.45, 7) is 2.15. The van der Waals surface area contributed by atoms with E-state index >= 15 is 0 Å². The molecule has 1 atom stereocenters. The zero-order chi connectivity index (χ0) is 9.97. The first-order valence-corrected chi connectivity index (χ1v) is 5.58. The van der Waals surface area contributed by atoms with Crippen molar-refractivity contribution >= 4 is 0 Å². The topological polar surface area (TPSA) is 26.0 Å². The van der Waals surface area contributed by atoms with Gasteiger partial charge in [0.15, 0.2) is 0 Å². The van der Waals surface area contributed by atoms with Gasteiger partial charge in [-0.15, -0.1) is 0 Å². The van der Waals surface area contributed by atoms with Crippen molar-refractivity contribution in [3.8, 4) is 0 Å². The van der Waals surface area contributed by atoms with Gasteiger partial charge in [-0.2, -0.15) is 0 Å². The van der Waals surface area contributed by atoms with E-state index in [0.29, 0.717) is 0 Å². The maximum atomic E-state index is 6.17. The van der Waals surface area contributed by atoms with Gasteiger partial charge in [-0.25, -0.2) is 0 Å². The van der Waals surface area contributed by atoms with E-state index in [1.54, 1.807) is 0 Å². The lowest BCUT2D eigenvalue weighted by atomic mass is 9.97. The summed E-state index contributed by atoms with van der Waals surface area (Å²) in [5.41, 5.74) is 8.83. The second-order valence-corrected chi connectivity index (χ2v) is 4.48. The van der Waals surface area contributed by atoms with E-state index in [2.05, 4.69) is 31.2 Å². The highest BCUT2D eigenvalue weighted by Gasteiger charge is 2.22. The second kappa shape index (κ2) is 4.14. The quantitative estimate of drug-likeness (QED) is 0.773. The van der Waals surface area contributed by atoms with E-state index in [1.807, 2.05) is 0 Å². The average Bonchev–Trinajstić information content (AvgIpc) is 2.98. The van der Waals surface area contributed by atoms with Crippen LogP contribution in [0.25, 0.3) is 0 Å². The zero-order valence-corrected chi connectivity index (χ0v) is 8.87. The maximum absolute atomic E-state index is 6.17. The molecule has 2 rings (SSSR count). The summed E-state index contributed by atoms with van der Waals surface area (Å²) in [7, 11) is 0. The van der Waals surface area contributed by atoms with Gasteiger partial charge < -0.3 is 5.73 Å². The van der Waals surface area contributed by atoms with Crippen LogP contribution in [-0.2, 0) is 0 Å². The molecule has 1 saturated carbocycles. The molecule has 1 aliphatic rings. The summed E-state index contributed by atoms with van der Waals surface area (Å²) in [6, 6.07) is 8.71. The Labute approximate surface area is 86.3 Å². The van der Waals surface area contributed by atoms with Crippen LogP contribution in [0, 0.1) is 12.8 Å². The van der Waals surface area contributed by atoms with Gasteiger partial charge in [0.1, 0.15) is 0 Å². The molecule has 1 aromatic rings. The Balaban J connectivity index is 1.95. The Morgan fingerprint density at radius 3 is 2.71 bits per heavy atom. The molecule has 1 fully saturated rings. The molecule has 1 aromatic carbocycles. The number of rotatable bonds is 4. The molecule has 76 valence electrons. The zero-order valence-electron chi connectivity index (χ0n) is 8.87. The normalized spacial score (nSPS) is 18.1. The maximum Gasteiger partial charge on any atom is 0.0297 e. The van der Waals surface area contributed by atoms with Gasteiger partial charge in [-0.3, -0.25) is 0 Å². The van der Waals surface area contributed by atoms with Gasteiger partial charge >= 0.3 is 0 Å². The molecule has 0 aliphatic heterocycles. The van der Waals surface area contributed by atoms with E-state index in [1.165, 1.54) is 30.4 Å². The van der Waals surface area contributed by atoms with E-state index in [0.717, 1.165) is 12.3 Å². The number of aryl methyl sites for hydroxylation is 1. The fraction of sp³-hybridized carbons (Fsp3) is 0.538. The van der Waals surface area contributed by atoms with Crippen molar-refractivity contribution in [3.63, 3.8) is 0 Å². The first-order valence-electron chi connectivity index (χ1n) is 5.58. The molecule has 1 unspecified atom stereocenters. The third kappa shape index (κ3) is 2.36. The Morgan fingerprint density at radius 1 is 1.36 bits per heavy atom. The van der Waals surface area contributed by atoms with Crippen LogP contribution in [0.3, 0.4) is 0 Å². The van der Waals surface area contributed by atoms with E-state index < -0.39 is 0 Å². The molecule has 0 aromatic heterocycles. The fourth-order valence-electron chi connectivity index (χ4n) is 1.98. The van der Waals surface area contributed by atoms with E-state index in [9.17, 15) is 0 Å². The molecule has 1 heteroatoms. The Kier molecular flexibility index (Phi) is 2.87. The Bertz CT molecular complexity index is 302. The number of hydrogen-bond acceptors (Lipinski definition) is 1. The van der Waals surface area contributed by atoms with Crippen LogP contribution in [0.4, 0.5) is 0 Å². The predicted octanol–water partition coefficient (Wildman–Crippen LogP) is 3.19. The van der Waals surface area contributed by atoms with Crippen LogP contribution in [0.2, 0.25) is 0 Å². The van der Waals surface area contributed by atoms with Crippen molar-refractivity contribution in [2.75, 3.05) is 0 Å². The van der Waals surface area contributed by atoms with Gasteiger partial charge in [0.2, 0.25) is 0 Å². The molecular formula is C13H19N. The van der Waals surface area contributed by atoms with Crippen LogP contribution in [0.15, 0.2) is 24.3 Å². The summed E-state index contributed by atoms with van der Waals surface area (Å²) in [5.74, 6) is 0.991. The lowest BCUT2D eigenvalue weighted by Gasteiger charge is -2.14. The summed E-state index contributed by atoms with van der Waals surface area (Å²) in [5, 5.41) is 0. The minimum Gasteiger partial charge on any atom is -0.324 e. The fourth-order valence-corrected chi connectivity index (χ4v) is 1.98.